The Bertz CT molecular complexity index is 815. The molecule has 146 valence electrons. The summed E-state index contributed by atoms with van der Waals surface area (Å²) in [6.07, 6.45) is 6.94. The lowest BCUT2D eigenvalue weighted by molar-refractivity contribution is -0.128. The molecule has 7 heteroatoms. The van der Waals surface area contributed by atoms with E-state index in [2.05, 4.69) is 5.10 Å². The number of benzene rings is 1. The zero-order chi connectivity index (χ0) is 20.0. The third-order valence-corrected chi connectivity index (χ3v) is 4.26. The molecule has 6 nitrogen and oxygen atoms in total. The van der Waals surface area contributed by atoms with Gasteiger partial charge in [-0.15, -0.1) is 0 Å². The largest absolute Gasteiger partial charge is 0.493 e. The number of nitrogens with zero attached hydrogens (tertiary/aromatic N) is 3. The maximum Gasteiger partial charge on any atom is 0.247 e. The number of amides is 1. The van der Waals surface area contributed by atoms with Crippen molar-refractivity contribution in [2.75, 3.05) is 13.7 Å². The van der Waals surface area contributed by atoms with Crippen LogP contribution in [-0.4, -0.2) is 40.3 Å². The van der Waals surface area contributed by atoms with Gasteiger partial charge >= 0.3 is 0 Å². The minimum atomic E-state index is -0.0853. The maximum absolute atomic E-state index is 12.7. The van der Waals surface area contributed by atoms with Gasteiger partial charge in [0.25, 0.3) is 0 Å². The van der Waals surface area contributed by atoms with Crippen molar-refractivity contribution in [3.8, 4) is 11.5 Å². The number of ether oxygens (including phenoxy) is 2. The van der Waals surface area contributed by atoms with Crippen molar-refractivity contribution >= 4 is 23.6 Å². The van der Waals surface area contributed by atoms with E-state index in [9.17, 15) is 4.79 Å². The van der Waals surface area contributed by atoms with Gasteiger partial charge in [0.2, 0.25) is 5.91 Å². The fraction of sp³-hybridized carbons (Fsp3) is 0.400. The number of rotatable bonds is 8. The van der Waals surface area contributed by atoms with Gasteiger partial charge < -0.3 is 14.4 Å². The van der Waals surface area contributed by atoms with Gasteiger partial charge in [0.05, 0.1) is 24.9 Å². The number of halogens is 1. The Morgan fingerprint density at radius 2 is 2.15 bits per heavy atom. The summed E-state index contributed by atoms with van der Waals surface area (Å²) in [6, 6.07) is 3.60. The Hall–Kier alpha value is -2.47. The number of aromatic nitrogens is 2. The van der Waals surface area contributed by atoms with Crippen LogP contribution in [0.2, 0.25) is 5.02 Å². The molecule has 0 saturated heterocycles. The molecule has 0 atom stereocenters. The molecule has 0 saturated carbocycles. The van der Waals surface area contributed by atoms with Crippen LogP contribution in [0.5, 0.6) is 11.5 Å². The Labute approximate surface area is 165 Å². The highest BCUT2D eigenvalue weighted by Gasteiger charge is 2.16. The summed E-state index contributed by atoms with van der Waals surface area (Å²) >= 11 is 6.29. The van der Waals surface area contributed by atoms with Crippen LogP contribution >= 0.6 is 11.6 Å². The summed E-state index contributed by atoms with van der Waals surface area (Å²) < 4.78 is 12.6. The summed E-state index contributed by atoms with van der Waals surface area (Å²) in [5.74, 6) is 0.955. The average molecular weight is 392 g/mol. The van der Waals surface area contributed by atoms with Gasteiger partial charge in [0, 0.05) is 37.5 Å². The van der Waals surface area contributed by atoms with Crippen LogP contribution in [-0.2, 0) is 18.4 Å². The number of carbonyl (C=O) groups is 1. The van der Waals surface area contributed by atoms with Crippen molar-refractivity contribution in [3.63, 3.8) is 0 Å². The molecule has 0 N–H and O–H groups in total. The third-order valence-electron chi connectivity index (χ3n) is 3.98. The van der Waals surface area contributed by atoms with Crippen molar-refractivity contribution in [1.29, 1.82) is 0 Å². The van der Waals surface area contributed by atoms with Crippen LogP contribution in [0.25, 0.3) is 6.08 Å². The van der Waals surface area contributed by atoms with Crippen LogP contribution in [0.4, 0.5) is 0 Å². The lowest BCUT2D eigenvalue weighted by atomic mass is 10.1. The van der Waals surface area contributed by atoms with Gasteiger partial charge in [0.1, 0.15) is 0 Å². The van der Waals surface area contributed by atoms with Crippen LogP contribution < -0.4 is 9.47 Å². The Morgan fingerprint density at radius 3 is 2.70 bits per heavy atom. The van der Waals surface area contributed by atoms with E-state index in [1.165, 1.54) is 0 Å². The van der Waals surface area contributed by atoms with Gasteiger partial charge in [-0.05, 0) is 44.5 Å². The predicted molar refractivity (Wildman–Crippen MR) is 107 cm³/mol. The van der Waals surface area contributed by atoms with Crippen LogP contribution in [0.15, 0.2) is 30.6 Å². The van der Waals surface area contributed by atoms with E-state index in [0.29, 0.717) is 29.7 Å². The lowest BCUT2D eigenvalue weighted by Crippen LogP contribution is -2.35. The summed E-state index contributed by atoms with van der Waals surface area (Å²) in [5, 5.41) is 4.60. The molecule has 1 amide bonds. The quantitative estimate of drug-likeness (QED) is 0.640. The molecule has 0 spiro atoms. The molecule has 1 aromatic carbocycles. The maximum atomic E-state index is 12.7. The molecule has 0 fully saturated rings. The topological polar surface area (TPSA) is 56.6 Å². The molecule has 0 aliphatic carbocycles. The van der Waals surface area contributed by atoms with Gasteiger partial charge in [-0.2, -0.15) is 5.10 Å². The fourth-order valence-electron chi connectivity index (χ4n) is 2.65. The molecule has 0 unspecified atom stereocenters. The second kappa shape index (κ2) is 9.46. The van der Waals surface area contributed by atoms with E-state index in [1.807, 2.05) is 34.0 Å². The van der Waals surface area contributed by atoms with Crippen molar-refractivity contribution in [1.82, 2.24) is 14.7 Å². The first-order chi connectivity index (χ1) is 12.8. The van der Waals surface area contributed by atoms with Gasteiger partial charge in [-0.25, -0.2) is 0 Å². The number of methoxy groups -OCH3 is 1. The SMILES string of the molecule is CCOc1c(Cl)cc(C=CC(=O)N(Cc2cnn(C)c2)C(C)C)cc1OC. The van der Waals surface area contributed by atoms with Gasteiger partial charge in [-0.1, -0.05) is 11.6 Å². The fourth-order valence-corrected chi connectivity index (χ4v) is 2.92. The molecular weight excluding hydrogens is 366 g/mol. The molecule has 1 heterocycles. The Kier molecular flexibility index (Phi) is 7.30. The molecule has 0 radical (unpaired) electrons. The summed E-state index contributed by atoms with van der Waals surface area (Å²) in [7, 11) is 3.41. The monoisotopic (exact) mass is 391 g/mol. The zero-order valence-electron chi connectivity index (χ0n) is 16.4. The highest BCUT2D eigenvalue weighted by atomic mass is 35.5. The molecule has 2 rings (SSSR count). The number of hydrogen-bond acceptors (Lipinski definition) is 4. The summed E-state index contributed by atoms with van der Waals surface area (Å²) in [6.45, 7) is 6.84. The van der Waals surface area contributed by atoms with E-state index in [4.69, 9.17) is 21.1 Å². The molecule has 2 aromatic rings. The van der Waals surface area contributed by atoms with E-state index in [1.54, 1.807) is 47.2 Å². The van der Waals surface area contributed by atoms with Crippen LogP contribution in [0, 0.1) is 0 Å². The number of carbonyl (C=O) groups excluding carboxylic acids is 1. The summed E-state index contributed by atoms with van der Waals surface area (Å²) in [4.78, 5) is 14.5. The van der Waals surface area contributed by atoms with Crippen molar-refractivity contribution in [2.24, 2.45) is 7.05 Å². The highest BCUT2D eigenvalue weighted by Crippen LogP contribution is 2.36. The standard InChI is InChI=1S/C20H26ClN3O3/c1-6-27-20-17(21)9-15(10-18(20)26-5)7-8-19(25)24(14(2)3)13-16-11-22-23(4)12-16/h7-12,14H,6,13H2,1-5H3. The van der Waals surface area contributed by atoms with Crippen LogP contribution in [0.3, 0.4) is 0 Å². The molecule has 0 aliphatic heterocycles. The normalized spacial score (nSPS) is 11.2. The van der Waals surface area contributed by atoms with Gasteiger partial charge in [-0.3, -0.25) is 9.48 Å². The second-order valence-electron chi connectivity index (χ2n) is 6.38. The highest BCUT2D eigenvalue weighted by molar-refractivity contribution is 6.32. The smallest absolute Gasteiger partial charge is 0.247 e. The van der Waals surface area contributed by atoms with E-state index in [-0.39, 0.29) is 11.9 Å². The molecule has 1 aromatic heterocycles. The Morgan fingerprint density at radius 1 is 1.41 bits per heavy atom. The van der Waals surface area contributed by atoms with Crippen molar-refractivity contribution < 1.29 is 14.3 Å². The van der Waals surface area contributed by atoms with Gasteiger partial charge in [0.15, 0.2) is 11.5 Å². The molecular formula is C20H26ClN3O3. The molecule has 0 aliphatic rings. The number of hydrogen-bond donors (Lipinski definition) is 0. The van der Waals surface area contributed by atoms with Crippen molar-refractivity contribution in [3.05, 3.63) is 46.8 Å². The Balaban J connectivity index is 2.19. The lowest BCUT2D eigenvalue weighted by Gasteiger charge is -2.25. The zero-order valence-corrected chi connectivity index (χ0v) is 17.2. The minimum Gasteiger partial charge on any atom is -0.493 e. The van der Waals surface area contributed by atoms with E-state index >= 15 is 0 Å². The molecule has 0 bridgehead atoms. The third kappa shape index (κ3) is 5.50. The summed E-state index contributed by atoms with van der Waals surface area (Å²) in [5.41, 5.74) is 1.75. The second-order valence-corrected chi connectivity index (χ2v) is 6.79. The van der Waals surface area contributed by atoms with E-state index < -0.39 is 0 Å². The first-order valence-electron chi connectivity index (χ1n) is 8.82. The van der Waals surface area contributed by atoms with Crippen molar-refractivity contribution in [2.45, 2.75) is 33.4 Å². The minimum absolute atomic E-state index is 0.0563. The first-order valence-corrected chi connectivity index (χ1v) is 9.20. The van der Waals surface area contributed by atoms with E-state index in [0.717, 1.165) is 11.1 Å². The first kappa shape index (κ1) is 20.8. The molecule has 27 heavy (non-hydrogen) atoms. The number of aryl methyl sites for hydroxylation is 1. The van der Waals surface area contributed by atoms with Crippen LogP contribution in [0.1, 0.15) is 31.9 Å². The predicted octanol–water partition coefficient (Wildman–Crippen LogP) is 3.93. The average Bonchev–Trinajstić information content (AvgIpc) is 3.04.